The van der Waals surface area contributed by atoms with Crippen molar-refractivity contribution in [2.75, 3.05) is 13.2 Å². The molecule has 1 rings (SSSR count). The molecule has 0 radical (unpaired) electrons. The third-order valence-corrected chi connectivity index (χ3v) is 16.4. The number of aliphatic hydroxyl groups excluding tert-OH is 5. The van der Waals surface area contributed by atoms with Crippen molar-refractivity contribution in [3.05, 3.63) is 109 Å². The summed E-state index contributed by atoms with van der Waals surface area (Å²) < 4.78 is 17.7. The molecular formula is C77H133NO10. The molecule has 0 aromatic carbocycles. The van der Waals surface area contributed by atoms with Crippen LogP contribution in [0.1, 0.15) is 303 Å². The van der Waals surface area contributed by atoms with Crippen LogP contribution in [0.4, 0.5) is 0 Å². The fraction of sp³-hybridized carbons (Fsp3) is 0.740. The molecule has 0 saturated carbocycles. The summed E-state index contributed by atoms with van der Waals surface area (Å²) >= 11 is 0. The number of hydrogen-bond acceptors (Lipinski definition) is 10. The van der Waals surface area contributed by atoms with Gasteiger partial charge in [0.15, 0.2) is 12.4 Å². The maximum Gasteiger partial charge on any atom is 0.306 e. The van der Waals surface area contributed by atoms with Crippen molar-refractivity contribution in [3.63, 3.8) is 0 Å². The molecule has 8 atom stereocenters. The summed E-state index contributed by atoms with van der Waals surface area (Å²) in [7, 11) is 0. The molecule has 1 aliphatic heterocycles. The average Bonchev–Trinajstić information content (AvgIpc) is 1.36. The Hall–Kier alpha value is -3.68. The van der Waals surface area contributed by atoms with Crippen molar-refractivity contribution >= 4 is 11.9 Å². The van der Waals surface area contributed by atoms with Crippen LogP contribution in [0.3, 0.4) is 0 Å². The Kier molecular flexibility index (Phi) is 59.4. The zero-order chi connectivity index (χ0) is 63.9. The van der Waals surface area contributed by atoms with Crippen molar-refractivity contribution in [1.82, 2.24) is 5.32 Å². The lowest BCUT2D eigenvalue weighted by atomic mass is 9.99. The number of unbranched alkanes of at least 4 members (excludes halogenated alkanes) is 31. The lowest BCUT2D eigenvalue weighted by Crippen LogP contribution is -2.61. The fourth-order valence-corrected chi connectivity index (χ4v) is 10.7. The van der Waals surface area contributed by atoms with E-state index in [0.717, 1.165) is 116 Å². The molecule has 0 bridgehead atoms. The van der Waals surface area contributed by atoms with Crippen LogP contribution in [0, 0.1) is 0 Å². The molecule has 8 unspecified atom stereocenters. The van der Waals surface area contributed by atoms with E-state index in [0.29, 0.717) is 12.8 Å². The summed E-state index contributed by atoms with van der Waals surface area (Å²) in [6.45, 7) is 5.66. The van der Waals surface area contributed by atoms with Gasteiger partial charge in [-0.2, -0.15) is 0 Å². The van der Waals surface area contributed by atoms with E-state index < -0.39 is 67.4 Å². The van der Waals surface area contributed by atoms with Gasteiger partial charge in [-0.05, 0) is 109 Å². The van der Waals surface area contributed by atoms with Crippen molar-refractivity contribution in [3.8, 4) is 0 Å². The van der Waals surface area contributed by atoms with Crippen molar-refractivity contribution in [2.24, 2.45) is 0 Å². The van der Waals surface area contributed by atoms with Crippen LogP contribution in [0.2, 0.25) is 0 Å². The summed E-state index contributed by atoms with van der Waals surface area (Å²) in [6, 6.07) is -1.04. The summed E-state index contributed by atoms with van der Waals surface area (Å²) in [5.41, 5.74) is 0. The van der Waals surface area contributed by atoms with Gasteiger partial charge in [-0.25, -0.2) is 0 Å². The number of carbonyl (C=O) groups excluding carboxylic acids is 2. The second-order valence-electron chi connectivity index (χ2n) is 24.6. The molecule has 1 aliphatic rings. The average molecular weight is 1230 g/mol. The summed E-state index contributed by atoms with van der Waals surface area (Å²) in [4.78, 5) is 26.7. The van der Waals surface area contributed by atoms with Gasteiger partial charge in [-0.15, -0.1) is 0 Å². The number of hydrogen-bond donors (Lipinski definition) is 6. The quantitative estimate of drug-likeness (QED) is 0.0195. The van der Waals surface area contributed by atoms with Gasteiger partial charge in [0.25, 0.3) is 0 Å². The number of ether oxygens (including phenoxy) is 3. The number of nitrogens with one attached hydrogen (secondary N) is 1. The van der Waals surface area contributed by atoms with E-state index in [1.165, 1.54) is 141 Å². The van der Waals surface area contributed by atoms with Crippen LogP contribution in [0.5, 0.6) is 0 Å². The van der Waals surface area contributed by atoms with Crippen molar-refractivity contribution in [1.29, 1.82) is 0 Å². The predicted molar refractivity (Wildman–Crippen MR) is 370 cm³/mol. The zero-order valence-electron chi connectivity index (χ0n) is 56.3. The first-order chi connectivity index (χ1) is 43.2. The maximum atomic E-state index is 13.5. The predicted octanol–water partition coefficient (Wildman–Crippen LogP) is 18.8. The van der Waals surface area contributed by atoms with Crippen LogP contribution < -0.4 is 5.32 Å². The van der Waals surface area contributed by atoms with E-state index in [9.17, 15) is 35.1 Å². The second-order valence-corrected chi connectivity index (χ2v) is 24.6. The van der Waals surface area contributed by atoms with Gasteiger partial charge in [-0.3, -0.25) is 9.59 Å². The van der Waals surface area contributed by atoms with E-state index in [4.69, 9.17) is 14.2 Å². The molecule has 1 saturated heterocycles. The van der Waals surface area contributed by atoms with Gasteiger partial charge >= 0.3 is 5.97 Å². The first kappa shape index (κ1) is 82.3. The molecule has 506 valence electrons. The zero-order valence-corrected chi connectivity index (χ0v) is 56.3. The number of amides is 1. The molecule has 1 heterocycles. The van der Waals surface area contributed by atoms with E-state index in [1.807, 2.05) is 6.08 Å². The highest BCUT2D eigenvalue weighted by Gasteiger charge is 2.47. The summed E-state index contributed by atoms with van der Waals surface area (Å²) in [6.07, 6.45) is 76.9. The highest BCUT2D eigenvalue weighted by atomic mass is 16.7. The number of carbonyl (C=O) groups is 2. The highest BCUT2D eigenvalue weighted by Crippen LogP contribution is 2.26. The second kappa shape index (κ2) is 63.5. The minimum absolute atomic E-state index is 0.0969. The van der Waals surface area contributed by atoms with Crippen LogP contribution in [-0.4, -0.2) is 99.6 Å². The number of rotatable bonds is 61. The lowest BCUT2D eigenvalue weighted by Gasteiger charge is -2.41. The Bertz CT molecular complexity index is 1850. The minimum Gasteiger partial charge on any atom is -0.454 e. The topological polar surface area (TPSA) is 175 Å². The summed E-state index contributed by atoms with van der Waals surface area (Å²) in [5, 5.41) is 57.3. The molecule has 11 nitrogen and oxygen atoms in total. The lowest BCUT2D eigenvalue weighted by molar-refractivity contribution is -0.305. The highest BCUT2D eigenvalue weighted by molar-refractivity contribution is 5.80. The number of esters is 1. The largest absolute Gasteiger partial charge is 0.454 e. The Morgan fingerprint density at radius 2 is 0.818 bits per heavy atom. The van der Waals surface area contributed by atoms with Crippen LogP contribution >= 0.6 is 0 Å². The first-order valence-electron chi connectivity index (χ1n) is 36.2. The smallest absolute Gasteiger partial charge is 0.306 e. The summed E-state index contributed by atoms with van der Waals surface area (Å²) in [5.74, 6) is -1.21. The van der Waals surface area contributed by atoms with Gasteiger partial charge in [0.1, 0.15) is 24.4 Å². The Labute approximate surface area is 538 Å². The minimum atomic E-state index is -1.63. The monoisotopic (exact) mass is 1230 g/mol. The molecule has 1 amide bonds. The van der Waals surface area contributed by atoms with Crippen LogP contribution in [-0.2, 0) is 23.8 Å². The van der Waals surface area contributed by atoms with Gasteiger partial charge < -0.3 is 45.1 Å². The third kappa shape index (κ3) is 50.0. The van der Waals surface area contributed by atoms with Crippen LogP contribution in [0.25, 0.3) is 0 Å². The molecule has 0 spiro atoms. The van der Waals surface area contributed by atoms with Crippen molar-refractivity contribution in [2.45, 2.75) is 352 Å². The fourth-order valence-electron chi connectivity index (χ4n) is 10.7. The Morgan fingerprint density at radius 1 is 0.455 bits per heavy atom. The van der Waals surface area contributed by atoms with Gasteiger partial charge in [-0.1, -0.05) is 297 Å². The number of aliphatic hydroxyl groups is 5. The van der Waals surface area contributed by atoms with E-state index in [2.05, 4.69) is 123 Å². The SMILES string of the molecule is CC/C=C\C/C=C\C/C=C\C/C=C\C/C=C\CCCCCCCC(=O)OC1C(OCC(NC(=O)C(O)CCCCCCCCCCCCCCC/C=C\C/C=C\C/C=C\CCCCC)C(O)/C=C/CCCCCCCCCCCC)OC(CO)C(O)C1O. The standard InChI is InChI=1S/C77H133NO10/c1-4-7-10-13-16-19-22-25-27-29-31-33-34-35-36-37-39-40-42-44-46-49-52-55-58-61-64-70(81)76(85)78-68(69(80)63-60-57-54-51-48-24-21-18-15-12-9-6-3)67-86-77-75(74(84)73(83)71(66-79)87-77)88-72(82)65-62-59-56-53-50-47-45-43-41-38-32-30-28-26-23-20-17-14-11-8-5-2/h8,11,16-17,19-20,25-28,31-33,38,43,45,60,63,68-71,73-75,77,79-81,83-84H,4-7,9-10,12-15,18,21-24,29-30,34-37,39-42,44,46-59,61-62,64-67H2,1-3H3,(H,78,85)/b11-8-,19-16-,20-17-,27-25-,28-26-,33-31-,38-32-,45-43-,63-60+. The molecule has 11 heteroatoms. The molecule has 88 heavy (non-hydrogen) atoms. The van der Waals surface area contributed by atoms with E-state index in [-0.39, 0.29) is 19.4 Å². The van der Waals surface area contributed by atoms with Crippen LogP contribution in [0.15, 0.2) is 109 Å². The van der Waals surface area contributed by atoms with E-state index >= 15 is 0 Å². The molecule has 0 aliphatic carbocycles. The number of allylic oxidation sites excluding steroid dienone is 17. The van der Waals surface area contributed by atoms with E-state index in [1.54, 1.807) is 6.08 Å². The van der Waals surface area contributed by atoms with Gasteiger partial charge in [0.05, 0.1) is 25.4 Å². The van der Waals surface area contributed by atoms with Gasteiger partial charge in [0.2, 0.25) is 5.91 Å². The normalized spacial score (nSPS) is 18.8. The Morgan fingerprint density at radius 3 is 1.25 bits per heavy atom. The molecule has 0 aromatic heterocycles. The molecular weight excluding hydrogens is 1100 g/mol. The molecule has 0 aromatic rings. The van der Waals surface area contributed by atoms with Crippen molar-refractivity contribution < 1.29 is 49.3 Å². The maximum absolute atomic E-state index is 13.5. The first-order valence-corrected chi connectivity index (χ1v) is 36.2. The van der Waals surface area contributed by atoms with Gasteiger partial charge in [0, 0.05) is 6.42 Å². The third-order valence-electron chi connectivity index (χ3n) is 16.4. The Balaban J connectivity index is 2.58. The molecule has 6 N–H and O–H groups in total. The molecule has 1 fully saturated rings.